The molecule has 0 saturated carbocycles. The first-order valence-corrected chi connectivity index (χ1v) is 9.46. The number of halogens is 3. The number of carbonyl (C=O) groups excluding carboxylic acids is 1. The van der Waals surface area contributed by atoms with E-state index in [0.717, 1.165) is 4.57 Å². The van der Waals surface area contributed by atoms with Crippen LogP contribution in [0.4, 0.5) is 18.9 Å². The van der Waals surface area contributed by atoms with Gasteiger partial charge < -0.3 is 9.88 Å². The maximum Gasteiger partial charge on any atom is 0.449 e. The van der Waals surface area contributed by atoms with Gasteiger partial charge >= 0.3 is 6.18 Å². The predicted octanol–water partition coefficient (Wildman–Crippen LogP) is 2.60. The SMILES string of the molecule is CNS(=O)(=O)c1ccc(NC(=O)Cn2c(C(F)(F)F)nc3ccccc32)cc1. The summed E-state index contributed by atoms with van der Waals surface area (Å²) in [6, 6.07) is 11.2. The van der Waals surface area contributed by atoms with Gasteiger partial charge in [0.15, 0.2) is 0 Å². The van der Waals surface area contributed by atoms with Crippen molar-refractivity contribution in [3.8, 4) is 0 Å². The molecule has 0 aliphatic heterocycles. The van der Waals surface area contributed by atoms with Gasteiger partial charge in [-0.25, -0.2) is 18.1 Å². The van der Waals surface area contributed by atoms with Crippen molar-refractivity contribution >= 4 is 32.7 Å². The predicted molar refractivity (Wildman–Crippen MR) is 96.1 cm³/mol. The number of anilines is 1. The first kappa shape index (κ1) is 19.8. The molecule has 0 bridgehead atoms. The molecule has 1 aromatic heterocycles. The minimum absolute atomic E-state index is 0.00652. The van der Waals surface area contributed by atoms with Crippen molar-refractivity contribution in [1.29, 1.82) is 0 Å². The molecule has 0 aliphatic rings. The summed E-state index contributed by atoms with van der Waals surface area (Å²) in [6.45, 7) is -0.605. The number of rotatable bonds is 5. The van der Waals surface area contributed by atoms with Gasteiger partial charge in [0.1, 0.15) is 6.54 Å². The normalized spacial score (nSPS) is 12.3. The maximum absolute atomic E-state index is 13.3. The largest absolute Gasteiger partial charge is 0.449 e. The van der Waals surface area contributed by atoms with Crippen LogP contribution in [0.3, 0.4) is 0 Å². The van der Waals surface area contributed by atoms with E-state index in [1.807, 2.05) is 0 Å². The second-order valence-corrected chi connectivity index (χ2v) is 7.67. The van der Waals surface area contributed by atoms with Gasteiger partial charge in [0.05, 0.1) is 15.9 Å². The molecule has 2 N–H and O–H groups in total. The standard InChI is InChI=1S/C17H15F3N4O3S/c1-21-28(26,27)12-8-6-11(7-9-12)22-15(25)10-24-14-5-3-2-4-13(14)23-16(24)17(18,19)20/h2-9,21H,10H2,1H3,(H,22,25). The smallest absolute Gasteiger partial charge is 0.325 e. The van der Waals surface area contributed by atoms with Crippen molar-refractivity contribution in [2.45, 2.75) is 17.6 Å². The highest BCUT2D eigenvalue weighted by Gasteiger charge is 2.38. The molecule has 0 aliphatic carbocycles. The lowest BCUT2D eigenvalue weighted by Gasteiger charge is -2.12. The van der Waals surface area contributed by atoms with Gasteiger partial charge in [-0.1, -0.05) is 12.1 Å². The van der Waals surface area contributed by atoms with Crippen LogP contribution in [0.2, 0.25) is 0 Å². The molecule has 3 rings (SSSR count). The third-order valence-corrected chi connectivity index (χ3v) is 5.36. The molecule has 0 atom stereocenters. The zero-order valence-corrected chi connectivity index (χ0v) is 15.3. The Bertz CT molecular complexity index is 1120. The number of amides is 1. The Labute approximate surface area is 158 Å². The number of hydrogen-bond donors (Lipinski definition) is 2. The third-order valence-electron chi connectivity index (χ3n) is 3.93. The van der Waals surface area contributed by atoms with E-state index in [2.05, 4.69) is 15.0 Å². The average Bonchev–Trinajstić information content (AvgIpc) is 3.01. The van der Waals surface area contributed by atoms with E-state index in [9.17, 15) is 26.4 Å². The topological polar surface area (TPSA) is 93.1 Å². The van der Waals surface area contributed by atoms with E-state index in [-0.39, 0.29) is 21.6 Å². The Morgan fingerprint density at radius 2 is 1.75 bits per heavy atom. The van der Waals surface area contributed by atoms with E-state index in [4.69, 9.17) is 0 Å². The summed E-state index contributed by atoms with van der Waals surface area (Å²) in [4.78, 5) is 15.9. The van der Waals surface area contributed by atoms with Crippen LogP contribution in [-0.2, 0) is 27.5 Å². The first-order valence-electron chi connectivity index (χ1n) is 7.98. The molecule has 0 saturated heterocycles. The van der Waals surface area contributed by atoms with Gasteiger partial charge in [-0.05, 0) is 43.4 Å². The van der Waals surface area contributed by atoms with Crippen LogP contribution < -0.4 is 10.0 Å². The number of hydrogen-bond acceptors (Lipinski definition) is 4. The van der Waals surface area contributed by atoms with Gasteiger partial charge in [0.25, 0.3) is 0 Å². The molecule has 0 unspecified atom stereocenters. The lowest BCUT2D eigenvalue weighted by Crippen LogP contribution is -2.23. The molecule has 3 aromatic rings. The highest BCUT2D eigenvalue weighted by Crippen LogP contribution is 2.31. The molecular formula is C17H15F3N4O3S. The van der Waals surface area contributed by atoms with Crippen LogP contribution in [0.1, 0.15) is 5.82 Å². The minimum Gasteiger partial charge on any atom is -0.325 e. The van der Waals surface area contributed by atoms with E-state index in [1.165, 1.54) is 43.4 Å². The van der Waals surface area contributed by atoms with E-state index in [1.54, 1.807) is 12.1 Å². The monoisotopic (exact) mass is 412 g/mol. The number of para-hydroxylation sites is 2. The van der Waals surface area contributed by atoms with Gasteiger partial charge in [-0.2, -0.15) is 13.2 Å². The van der Waals surface area contributed by atoms with Crippen LogP contribution in [0.25, 0.3) is 11.0 Å². The maximum atomic E-state index is 13.3. The average molecular weight is 412 g/mol. The Kier molecular flexibility index (Phi) is 5.13. The van der Waals surface area contributed by atoms with Crippen LogP contribution in [0.5, 0.6) is 0 Å². The van der Waals surface area contributed by atoms with Crippen LogP contribution in [-0.4, -0.2) is 30.9 Å². The number of imidazole rings is 1. The van der Waals surface area contributed by atoms with Gasteiger partial charge in [0, 0.05) is 5.69 Å². The summed E-state index contributed by atoms with van der Waals surface area (Å²) < 4.78 is 66.1. The lowest BCUT2D eigenvalue weighted by molar-refractivity contribution is -0.147. The molecule has 1 heterocycles. The van der Waals surface area contributed by atoms with Crippen molar-refractivity contribution in [1.82, 2.24) is 14.3 Å². The molecule has 7 nitrogen and oxygen atoms in total. The zero-order valence-electron chi connectivity index (χ0n) is 14.5. The fourth-order valence-electron chi connectivity index (χ4n) is 2.63. The number of nitrogens with zero attached hydrogens (tertiary/aromatic N) is 2. The molecular weight excluding hydrogens is 397 g/mol. The number of benzene rings is 2. The summed E-state index contributed by atoms with van der Waals surface area (Å²) in [5.41, 5.74) is 0.558. The summed E-state index contributed by atoms with van der Waals surface area (Å²) in [7, 11) is -2.37. The summed E-state index contributed by atoms with van der Waals surface area (Å²) in [6.07, 6.45) is -4.72. The molecule has 11 heteroatoms. The number of nitrogens with one attached hydrogen (secondary N) is 2. The number of aromatic nitrogens is 2. The van der Waals surface area contributed by atoms with Gasteiger partial charge in [-0.3, -0.25) is 4.79 Å². The quantitative estimate of drug-likeness (QED) is 0.674. The molecule has 0 radical (unpaired) electrons. The third kappa shape index (κ3) is 3.99. The second-order valence-electron chi connectivity index (χ2n) is 5.79. The van der Waals surface area contributed by atoms with Crippen molar-refractivity contribution in [3.05, 3.63) is 54.4 Å². The lowest BCUT2D eigenvalue weighted by atomic mass is 10.3. The Morgan fingerprint density at radius 3 is 2.36 bits per heavy atom. The fourth-order valence-corrected chi connectivity index (χ4v) is 3.36. The molecule has 0 fully saturated rings. The highest BCUT2D eigenvalue weighted by molar-refractivity contribution is 7.89. The molecule has 0 spiro atoms. The summed E-state index contributed by atoms with van der Waals surface area (Å²) in [5, 5.41) is 2.45. The van der Waals surface area contributed by atoms with E-state index >= 15 is 0 Å². The molecule has 148 valence electrons. The Balaban J connectivity index is 1.84. The van der Waals surface area contributed by atoms with Crippen LogP contribution in [0.15, 0.2) is 53.4 Å². The van der Waals surface area contributed by atoms with Crippen molar-refractivity contribution in [3.63, 3.8) is 0 Å². The van der Waals surface area contributed by atoms with E-state index in [0.29, 0.717) is 0 Å². The van der Waals surface area contributed by atoms with Gasteiger partial charge in [-0.15, -0.1) is 0 Å². The first-order chi connectivity index (χ1) is 13.1. The number of carbonyl (C=O) groups is 1. The molecule has 1 amide bonds. The minimum atomic E-state index is -4.72. The summed E-state index contributed by atoms with van der Waals surface area (Å²) >= 11 is 0. The van der Waals surface area contributed by atoms with Crippen molar-refractivity contribution < 1.29 is 26.4 Å². The van der Waals surface area contributed by atoms with Crippen LogP contribution >= 0.6 is 0 Å². The summed E-state index contributed by atoms with van der Waals surface area (Å²) in [5.74, 6) is -1.88. The van der Waals surface area contributed by atoms with Crippen molar-refractivity contribution in [2.24, 2.45) is 0 Å². The van der Waals surface area contributed by atoms with Crippen molar-refractivity contribution in [2.75, 3.05) is 12.4 Å². The number of sulfonamides is 1. The zero-order chi connectivity index (χ0) is 20.5. The highest BCUT2D eigenvalue weighted by atomic mass is 32.2. The molecule has 2 aromatic carbocycles. The molecule has 28 heavy (non-hydrogen) atoms. The Hall–Kier alpha value is -2.92. The van der Waals surface area contributed by atoms with Crippen LogP contribution in [0, 0.1) is 0 Å². The fraction of sp³-hybridized carbons (Fsp3) is 0.176. The van der Waals surface area contributed by atoms with E-state index < -0.39 is 34.5 Å². The number of alkyl halides is 3. The number of fused-ring (bicyclic) bond motifs is 1. The van der Waals surface area contributed by atoms with Gasteiger partial charge in [0.2, 0.25) is 21.8 Å². The Morgan fingerprint density at radius 1 is 1.11 bits per heavy atom. The second kappa shape index (κ2) is 7.24.